The van der Waals surface area contributed by atoms with Gasteiger partial charge in [-0.15, -0.1) is 0 Å². The molecule has 2 heterocycles. The van der Waals surface area contributed by atoms with Crippen LogP contribution in [0.15, 0.2) is 24.7 Å². The molecule has 0 unspecified atom stereocenters. The Bertz CT molecular complexity index is 449. The summed E-state index contributed by atoms with van der Waals surface area (Å²) in [5, 5.41) is 4.29. The summed E-state index contributed by atoms with van der Waals surface area (Å²) in [6.45, 7) is 2.72. The molecule has 0 bridgehead atoms. The van der Waals surface area contributed by atoms with Gasteiger partial charge in [-0.05, 0) is 37.9 Å². The first-order valence-corrected chi connectivity index (χ1v) is 5.34. The van der Waals surface area contributed by atoms with Crippen molar-refractivity contribution < 1.29 is 0 Å². The summed E-state index contributed by atoms with van der Waals surface area (Å²) in [5.74, 6) is 0.610. The second-order valence-electron chi connectivity index (χ2n) is 3.61. The van der Waals surface area contributed by atoms with Gasteiger partial charge in [0.05, 0.1) is 6.20 Å². The van der Waals surface area contributed by atoms with Gasteiger partial charge >= 0.3 is 0 Å². The van der Waals surface area contributed by atoms with Crippen LogP contribution < -0.4 is 5.73 Å². The fourth-order valence-electron chi connectivity index (χ4n) is 1.58. The molecule has 2 rings (SSSR count). The third-order valence-electron chi connectivity index (χ3n) is 2.50. The molecule has 0 aromatic carbocycles. The van der Waals surface area contributed by atoms with E-state index in [2.05, 4.69) is 15.1 Å². The predicted molar refractivity (Wildman–Crippen MR) is 61.3 cm³/mol. The van der Waals surface area contributed by atoms with Gasteiger partial charge in [0.2, 0.25) is 0 Å². The number of nitrogens with two attached hydrogens (primary N) is 1. The van der Waals surface area contributed by atoms with Crippen molar-refractivity contribution in [1.29, 1.82) is 0 Å². The quantitative estimate of drug-likeness (QED) is 0.824. The monoisotopic (exact) mass is 217 g/mol. The van der Waals surface area contributed by atoms with E-state index < -0.39 is 0 Å². The molecule has 0 saturated carbocycles. The van der Waals surface area contributed by atoms with E-state index in [0.717, 1.165) is 18.5 Å². The Hall–Kier alpha value is -1.75. The summed E-state index contributed by atoms with van der Waals surface area (Å²) in [7, 11) is 0. The molecule has 5 heteroatoms. The molecule has 2 N–H and O–H groups in total. The number of rotatable bonds is 4. The Labute approximate surface area is 94.3 Å². The van der Waals surface area contributed by atoms with E-state index in [1.807, 2.05) is 13.1 Å². The van der Waals surface area contributed by atoms with Gasteiger partial charge in [-0.25, -0.2) is 14.6 Å². The Morgan fingerprint density at radius 3 is 2.75 bits per heavy atom. The maximum absolute atomic E-state index is 5.49. The van der Waals surface area contributed by atoms with Crippen molar-refractivity contribution in [2.45, 2.75) is 19.8 Å². The smallest absolute Gasteiger partial charge is 0.250 e. The van der Waals surface area contributed by atoms with E-state index in [-0.39, 0.29) is 0 Å². The lowest BCUT2D eigenvalue weighted by molar-refractivity contribution is 0.775. The lowest BCUT2D eigenvalue weighted by Gasteiger charge is -2.02. The molecule has 0 aliphatic carbocycles. The van der Waals surface area contributed by atoms with Gasteiger partial charge in [0.1, 0.15) is 0 Å². The first-order chi connectivity index (χ1) is 7.83. The molecule has 84 valence electrons. The SMILES string of the molecule is Cc1c(CCCN)cnn1-c1ncccn1. The minimum Gasteiger partial charge on any atom is -0.330 e. The van der Waals surface area contributed by atoms with Gasteiger partial charge in [-0.2, -0.15) is 5.10 Å². The van der Waals surface area contributed by atoms with Crippen molar-refractivity contribution in [3.8, 4) is 5.95 Å². The Morgan fingerprint density at radius 1 is 1.31 bits per heavy atom. The number of nitrogens with zero attached hydrogens (tertiary/aromatic N) is 4. The molecular weight excluding hydrogens is 202 g/mol. The molecule has 0 aliphatic heterocycles. The molecule has 0 aliphatic rings. The van der Waals surface area contributed by atoms with Crippen LogP contribution in [0.3, 0.4) is 0 Å². The van der Waals surface area contributed by atoms with Crippen LogP contribution in [-0.2, 0) is 6.42 Å². The minimum absolute atomic E-state index is 0.610. The molecule has 2 aromatic rings. The van der Waals surface area contributed by atoms with Gasteiger partial charge in [-0.3, -0.25) is 0 Å². The lowest BCUT2D eigenvalue weighted by atomic mass is 10.1. The van der Waals surface area contributed by atoms with Gasteiger partial charge in [0.25, 0.3) is 5.95 Å². The van der Waals surface area contributed by atoms with Crippen LogP contribution in [0.25, 0.3) is 5.95 Å². The van der Waals surface area contributed by atoms with Crippen LogP contribution in [0, 0.1) is 6.92 Å². The van der Waals surface area contributed by atoms with Gasteiger partial charge in [0, 0.05) is 18.1 Å². The predicted octanol–water partition coefficient (Wildman–Crippen LogP) is 0.862. The molecule has 16 heavy (non-hydrogen) atoms. The molecule has 5 nitrogen and oxygen atoms in total. The van der Waals surface area contributed by atoms with Crippen molar-refractivity contribution in [1.82, 2.24) is 19.7 Å². The number of aryl methyl sites for hydroxylation is 1. The zero-order valence-electron chi connectivity index (χ0n) is 9.30. The molecule has 0 spiro atoms. The fourth-order valence-corrected chi connectivity index (χ4v) is 1.58. The van der Waals surface area contributed by atoms with Crippen LogP contribution in [-0.4, -0.2) is 26.3 Å². The molecular formula is C11H15N5. The van der Waals surface area contributed by atoms with Gasteiger partial charge in [-0.1, -0.05) is 0 Å². The van der Waals surface area contributed by atoms with E-state index in [0.29, 0.717) is 12.5 Å². The van der Waals surface area contributed by atoms with E-state index >= 15 is 0 Å². The number of hydrogen-bond acceptors (Lipinski definition) is 4. The first-order valence-electron chi connectivity index (χ1n) is 5.34. The Balaban J connectivity index is 2.27. The minimum atomic E-state index is 0.610. The lowest BCUT2D eigenvalue weighted by Crippen LogP contribution is -2.05. The summed E-state index contributed by atoms with van der Waals surface area (Å²) in [6.07, 6.45) is 7.21. The van der Waals surface area contributed by atoms with Crippen LogP contribution >= 0.6 is 0 Å². The second kappa shape index (κ2) is 4.85. The average molecular weight is 217 g/mol. The normalized spacial score (nSPS) is 10.6. The second-order valence-corrected chi connectivity index (χ2v) is 3.61. The highest BCUT2D eigenvalue weighted by atomic mass is 15.3. The Kier molecular flexibility index (Phi) is 3.26. The van der Waals surface area contributed by atoms with Crippen LogP contribution in [0.4, 0.5) is 0 Å². The van der Waals surface area contributed by atoms with Gasteiger partial charge in [0.15, 0.2) is 0 Å². The topological polar surface area (TPSA) is 69.6 Å². The third kappa shape index (κ3) is 2.09. The first kappa shape index (κ1) is 10.8. The highest BCUT2D eigenvalue weighted by Crippen LogP contribution is 2.11. The van der Waals surface area contributed by atoms with Crippen molar-refractivity contribution in [2.24, 2.45) is 5.73 Å². The highest BCUT2D eigenvalue weighted by molar-refractivity contribution is 5.23. The average Bonchev–Trinajstić information content (AvgIpc) is 2.69. The summed E-state index contributed by atoms with van der Waals surface area (Å²) in [4.78, 5) is 8.34. The zero-order valence-corrected chi connectivity index (χ0v) is 9.30. The maximum Gasteiger partial charge on any atom is 0.250 e. The molecule has 0 atom stereocenters. The Morgan fingerprint density at radius 2 is 2.06 bits per heavy atom. The summed E-state index contributed by atoms with van der Waals surface area (Å²) in [5.41, 5.74) is 7.78. The van der Waals surface area contributed by atoms with Crippen LogP contribution in [0.2, 0.25) is 0 Å². The van der Waals surface area contributed by atoms with E-state index in [1.165, 1.54) is 5.56 Å². The standard InChI is InChI=1S/C11H15N5/c1-9-10(4-2-5-12)8-15-16(9)11-13-6-3-7-14-11/h3,6-8H,2,4-5,12H2,1H3. The van der Waals surface area contributed by atoms with Crippen LogP contribution in [0.5, 0.6) is 0 Å². The highest BCUT2D eigenvalue weighted by Gasteiger charge is 2.08. The van der Waals surface area contributed by atoms with E-state index in [4.69, 9.17) is 5.73 Å². The van der Waals surface area contributed by atoms with Crippen LogP contribution in [0.1, 0.15) is 17.7 Å². The third-order valence-corrected chi connectivity index (χ3v) is 2.50. The molecule has 2 aromatic heterocycles. The van der Waals surface area contributed by atoms with Crippen molar-refractivity contribution >= 4 is 0 Å². The fraction of sp³-hybridized carbons (Fsp3) is 0.364. The summed E-state index contributed by atoms with van der Waals surface area (Å²) < 4.78 is 1.76. The van der Waals surface area contributed by atoms with E-state index in [9.17, 15) is 0 Å². The summed E-state index contributed by atoms with van der Waals surface area (Å²) >= 11 is 0. The molecule has 0 amide bonds. The number of aromatic nitrogens is 4. The molecule has 0 saturated heterocycles. The van der Waals surface area contributed by atoms with Crippen molar-refractivity contribution in [3.05, 3.63) is 35.9 Å². The van der Waals surface area contributed by atoms with E-state index in [1.54, 1.807) is 23.1 Å². The molecule has 0 fully saturated rings. The number of hydrogen-bond donors (Lipinski definition) is 1. The van der Waals surface area contributed by atoms with Gasteiger partial charge < -0.3 is 5.73 Å². The zero-order chi connectivity index (χ0) is 11.4. The maximum atomic E-state index is 5.49. The molecule has 0 radical (unpaired) electrons. The summed E-state index contributed by atoms with van der Waals surface area (Å²) in [6, 6.07) is 1.79. The van der Waals surface area contributed by atoms with Crippen molar-refractivity contribution in [3.63, 3.8) is 0 Å². The van der Waals surface area contributed by atoms with Crippen molar-refractivity contribution in [2.75, 3.05) is 6.54 Å². The largest absolute Gasteiger partial charge is 0.330 e.